The molecule has 0 aliphatic heterocycles. The van der Waals surface area contributed by atoms with E-state index in [0.717, 1.165) is 0 Å². The Balaban J connectivity index is 1.95. The lowest BCUT2D eigenvalue weighted by Gasteiger charge is -2.09. The number of carbonyl (C=O) groups is 1. The molecule has 1 N–H and O–H groups in total. The Morgan fingerprint density at radius 1 is 1.32 bits per heavy atom. The van der Waals surface area contributed by atoms with Crippen LogP contribution in [-0.2, 0) is 4.79 Å². The van der Waals surface area contributed by atoms with Crippen LogP contribution in [0.4, 0.5) is 15.8 Å². The molecule has 1 amide bonds. The monoisotopic (exact) mass is 304 g/mol. The molecule has 0 unspecified atom stereocenters. The normalized spacial score (nSPS) is 10.1. The second-order valence-corrected chi connectivity index (χ2v) is 4.55. The van der Waals surface area contributed by atoms with Gasteiger partial charge in [0.2, 0.25) is 0 Å². The van der Waals surface area contributed by atoms with Crippen molar-refractivity contribution in [3.63, 3.8) is 0 Å². The molecular weight excluding hydrogens is 291 g/mol. The summed E-state index contributed by atoms with van der Waals surface area (Å²) in [5.74, 6) is -0.534. The summed E-state index contributed by atoms with van der Waals surface area (Å²) in [5, 5.41) is 13.1. The van der Waals surface area contributed by atoms with Crippen molar-refractivity contribution < 1.29 is 18.8 Å². The van der Waals surface area contributed by atoms with E-state index in [1.165, 1.54) is 36.4 Å². The quantitative estimate of drug-likeness (QED) is 0.680. The second kappa shape index (κ2) is 6.66. The number of ether oxygens (including phenoxy) is 1. The van der Waals surface area contributed by atoms with Crippen molar-refractivity contribution in [2.75, 3.05) is 11.9 Å². The van der Waals surface area contributed by atoms with Crippen LogP contribution in [-0.4, -0.2) is 17.4 Å². The number of nitrogens with one attached hydrogen (secondary N) is 1. The molecule has 2 aromatic carbocycles. The van der Waals surface area contributed by atoms with Gasteiger partial charge in [-0.1, -0.05) is 6.07 Å². The zero-order valence-electron chi connectivity index (χ0n) is 11.7. The summed E-state index contributed by atoms with van der Waals surface area (Å²) >= 11 is 0. The summed E-state index contributed by atoms with van der Waals surface area (Å²) in [4.78, 5) is 21.8. The standard InChI is InChI=1S/C15H13FN2O4/c1-10-7-13(18(20)21)5-6-14(10)22-9-15(19)17-12-4-2-3-11(16)8-12/h2-8H,9H2,1H3,(H,17,19). The van der Waals surface area contributed by atoms with Crippen LogP contribution in [0.5, 0.6) is 5.75 Å². The summed E-state index contributed by atoms with van der Waals surface area (Å²) in [6, 6.07) is 9.58. The van der Waals surface area contributed by atoms with E-state index in [4.69, 9.17) is 4.74 Å². The van der Waals surface area contributed by atoms with E-state index in [0.29, 0.717) is 17.0 Å². The highest BCUT2D eigenvalue weighted by Gasteiger charge is 2.10. The zero-order valence-corrected chi connectivity index (χ0v) is 11.7. The molecule has 0 heterocycles. The lowest BCUT2D eigenvalue weighted by Crippen LogP contribution is -2.20. The van der Waals surface area contributed by atoms with E-state index < -0.39 is 16.6 Å². The minimum Gasteiger partial charge on any atom is -0.483 e. The lowest BCUT2D eigenvalue weighted by molar-refractivity contribution is -0.384. The van der Waals surface area contributed by atoms with Crippen molar-refractivity contribution in [2.45, 2.75) is 6.92 Å². The highest BCUT2D eigenvalue weighted by molar-refractivity contribution is 5.91. The number of hydrogen-bond donors (Lipinski definition) is 1. The zero-order chi connectivity index (χ0) is 16.1. The first-order valence-electron chi connectivity index (χ1n) is 6.39. The smallest absolute Gasteiger partial charge is 0.269 e. The molecule has 0 aliphatic carbocycles. The Kier molecular flexibility index (Phi) is 4.67. The Hall–Kier alpha value is -2.96. The molecule has 0 saturated heterocycles. The van der Waals surface area contributed by atoms with Gasteiger partial charge in [-0.25, -0.2) is 4.39 Å². The molecule has 0 bridgehead atoms. The molecule has 0 spiro atoms. The average Bonchev–Trinajstić information content (AvgIpc) is 2.45. The van der Waals surface area contributed by atoms with Gasteiger partial charge in [0, 0.05) is 17.8 Å². The first-order chi connectivity index (χ1) is 10.5. The highest BCUT2D eigenvalue weighted by Crippen LogP contribution is 2.23. The largest absolute Gasteiger partial charge is 0.483 e. The Labute approximate surface area is 125 Å². The van der Waals surface area contributed by atoms with Crippen LogP contribution in [0.1, 0.15) is 5.56 Å². The maximum absolute atomic E-state index is 13.0. The van der Waals surface area contributed by atoms with Gasteiger partial charge in [0.15, 0.2) is 6.61 Å². The van der Waals surface area contributed by atoms with Gasteiger partial charge in [-0.3, -0.25) is 14.9 Å². The van der Waals surface area contributed by atoms with E-state index in [9.17, 15) is 19.3 Å². The molecule has 2 rings (SSSR count). The number of hydrogen-bond acceptors (Lipinski definition) is 4. The number of amides is 1. The fraction of sp³-hybridized carbons (Fsp3) is 0.133. The molecule has 0 radical (unpaired) electrons. The van der Waals surface area contributed by atoms with Crippen LogP contribution >= 0.6 is 0 Å². The highest BCUT2D eigenvalue weighted by atomic mass is 19.1. The van der Waals surface area contributed by atoms with Crippen molar-refractivity contribution in [2.24, 2.45) is 0 Å². The predicted octanol–water partition coefficient (Wildman–Crippen LogP) is 3.06. The average molecular weight is 304 g/mol. The number of halogens is 1. The first-order valence-corrected chi connectivity index (χ1v) is 6.39. The molecule has 0 atom stereocenters. The van der Waals surface area contributed by atoms with Crippen molar-refractivity contribution in [1.82, 2.24) is 0 Å². The number of aryl methyl sites for hydroxylation is 1. The summed E-state index contributed by atoms with van der Waals surface area (Å²) in [5.41, 5.74) is 0.829. The van der Waals surface area contributed by atoms with Crippen LogP contribution in [0, 0.1) is 22.9 Å². The van der Waals surface area contributed by atoms with Crippen molar-refractivity contribution >= 4 is 17.3 Å². The molecular formula is C15H13FN2O4. The number of carbonyl (C=O) groups excluding carboxylic acids is 1. The van der Waals surface area contributed by atoms with E-state index >= 15 is 0 Å². The van der Waals surface area contributed by atoms with Gasteiger partial charge in [-0.15, -0.1) is 0 Å². The van der Waals surface area contributed by atoms with Crippen molar-refractivity contribution in [1.29, 1.82) is 0 Å². The number of rotatable bonds is 5. The van der Waals surface area contributed by atoms with Gasteiger partial charge >= 0.3 is 0 Å². The third kappa shape index (κ3) is 4.02. The van der Waals surface area contributed by atoms with Crippen LogP contribution in [0.3, 0.4) is 0 Å². The minimum absolute atomic E-state index is 0.0472. The van der Waals surface area contributed by atoms with E-state index in [-0.39, 0.29) is 12.3 Å². The topological polar surface area (TPSA) is 81.5 Å². The van der Waals surface area contributed by atoms with Gasteiger partial charge in [0.25, 0.3) is 11.6 Å². The maximum atomic E-state index is 13.0. The number of nitro benzene ring substituents is 1. The van der Waals surface area contributed by atoms with Gasteiger partial charge < -0.3 is 10.1 Å². The summed E-state index contributed by atoms with van der Waals surface area (Å²) in [6.07, 6.45) is 0. The molecule has 0 fully saturated rings. The van der Waals surface area contributed by atoms with Gasteiger partial charge in [-0.2, -0.15) is 0 Å². The number of non-ortho nitro benzene ring substituents is 1. The minimum atomic E-state index is -0.507. The Morgan fingerprint density at radius 3 is 2.73 bits per heavy atom. The Morgan fingerprint density at radius 2 is 2.09 bits per heavy atom. The number of nitro groups is 1. The maximum Gasteiger partial charge on any atom is 0.269 e. The Bertz CT molecular complexity index is 718. The number of anilines is 1. The van der Waals surface area contributed by atoms with Gasteiger partial charge in [-0.05, 0) is 36.8 Å². The van der Waals surface area contributed by atoms with Crippen molar-refractivity contribution in [3.8, 4) is 5.75 Å². The number of nitrogens with zero attached hydrogens (tertiary/aromatic N) is 1. The summed E-state index contributed by atoms with van der Waals surface area (Å²) < 4.78 is 18.3. The lowest BCUT2D eigenvalue weighted by atomic mass is 10.2. The van der Waals surface area contributed by atoms with Crippen molar-refractivity contribution in [3.05, 3.63) is 64.0 Å². The van der Waals surface area contributed by atoms with Crippen LogP contribution in [0.15, 0.2) is 42.5 Å². The molecule has 7 heteroatoms. The van der Waals surface area contributed by atoms with E-state index in [2.05, 4.69) is 5.32 Å². The van der Waals surface area contributed by atoms with E-state index in [1.807, 2.05) is 0 Å². The predicted molar refractivity (Wildman–Crippen MR) is 78.4 cm³/mol. The summed E-state index contributed by atoms with van der Waals surface area (Å²) in [7, 11) is 0. The van der Waals surface area contributed by atoms with Crippen LogP contribution in [0.2, 0.25) is 0 Å². The molecule has 0 aliphatic rings. The molecule has 0 saturated carbocycles. The van der Waals surface area contributed by atoms with Gasteiger partial charge in [0.1, 0.15) is 11.6 Å². The molecule has 2 aromatic rings. The molecule has 114 valence electrons. The van der Waals surface area contributed by atoms with E-state index in [1.54, 1.807) is 13.0 Å². The molecule has 0 aromatic heterocycles. The van der Waals surface area contributed by atoms with Crippen LogP contribution < -0.4 is 10.1 Å². The molecule has 6 nitrogen and oxygen atoms in total. The molecule has 22 heavy (non-hydrogen) atoms. The third-order valence-corrected chi connectivity index (χ3v) is 2.84. The first kappa shape index (κ1) is 15.4. The third-order valence-electron chi connectivity index (χ3n) is 2.84. The number of benzene rings is 2. The second-order valence-electron chi connectivity index (χ2n) is 4.55. The SMILES string of the molecule is Cc1cc([N+](=O)[O-])ccc1OCC(=O)Nc1cccc(F)c1. The fourth-order valence-electron chi connectivity index (χ4n) is 1.82. The fourth-order valence-corrected chi connectivity index (χ4v) is 1.82. The van der Waals surface area contributed by atoms with Gasteiger partial charge in [0.05, 0.1) is 4.92 Å². The van der Waals surface area contributed by atoms with Crippen LogP contribution in [0.25, 0.3) is 0 Å². The summed E-state index contributed by atoms with van der Waals surface area (Å²) in [6.45, 7) is 1.36.